The molecule has 1 aliphatic heterocycles. The Morgan fingerprint density at radius 3 is 2.92 bits per heavy atom. The minimum atomic E-state index is -0.403. The fraction of sp³-hybridized carbons (Fsp3) is 0.517. The maximum atomic E-state index is 13.9. The van der Waals surface area contributed by atoms with Crippen molar-refractivity contribution in [3.05, 3.63) is 42.7 Å². The molecule has 4 aromatic heterocycles. The van der Waals surface area contributed by atoms with Gasteiger partial charge in [-0.2, -0.15) is 0 Å². The molecule has 2 amide bonds. The summed E-state index contributed by atoms with van der Waals surface area (Å²) in [5.41, 5.74) is 2.11. The zero-order valence-corrected chi connectivity index (χ0v) is 22.7. The van der Waals surface area contributed by atoms with Crippen molar-refractivity contribution < 1.29 is 13.9 Å². The summed E-state index contributed by atoms with van der Waals surface area (Å²) < 4.78 is 21.7. The molecule has 1 saturated heterocycles. The fourth-order valence-electron chi connectivity index (χ4n) is 5.26. The van der Waals surface area contributed by atoms with Crippen molar-refractivity contribution in [3.8, 4) is 11.4 Å². The number of ether oxygens (including phenoxy) is 1. The van der Waals surface area contributed by atoms with Crippen LogP contribution < -0.4 is 5.32 Å². The maximum Gasteiger partial charge on any atom is 0.317 e. The number of aromatic nitrogens is 5. The molecule has 1 atom stereocenters. The van der Waals surface area contributed by atoms with Crippen LogP contribution in [0.4, 0.5) is 9.18 Å². The zero-order chi connectivity index (χ0) is 27.0. The highest BCUT2D eigenvalue weighted by atomic mass is 19.1. The van der Waals surface area contributed by atoms with E-state index in [0.717, 1.165) is 69.3 Å². The molecule has 4 aromatic rings. The average Bonchev–Trinajstić information content (AvgIpc) is 3.57. The van der Waals surface area contributed by atoms with E-state index in [2.05, 4.69) is 31.8 Å². The number of piperidine rings is 1. The van der Waals surface area contributed by atoms with E-state index in [1.165, 1.54) is 25.1 Å². The summed E-state index contributed by atoms with van der Waals surface area (Å²) in [4.78, 5) is 31.4. The van der Waals surface area contributed by atoms with Gasteiger partial charge in [-0.25, -0.2) is 24.1 Å². The highest BCUT2D eigenvalue weighted by Crippen LogP contribution is 2.29. The summed E-state index contributed by atoms with van der Waals surface area (Å²) in [6.07, 6.45) is 15.3. The summed E-state index contributed by atoms with van der Waals surface area (Å²) in [7, 11) is 0. The van der Waals surface area contributed by atoms with Gasteiger partial charge in [0.15, 0.2) is 5.82 Å². The number of urea groups is 1. The monoisotopic (exact) mass is 535 g/mol. The summed E-state index contributed by atoms with van der Waals surface area (Å²) in [5, 5.41) is 4.67. The molecule has 1 fully saturated rings. The SMILES string of the molecule is CCCCCOCCCCCNC(=O)N1CCCC(n2ccc3cnc(-c4c[nH]c5ncc(F)cc45)nc32)C1. The van der Waals surface area contributed by atoms with E-state index in [9.17, 15) is 9.18 Å². The number of halogens is 1. The molecule has 10 heteroatoms. The van der Waals surface area contributed by atoms with Crippen LogP contribution in [-0.2, 0) is 4.74 Å². The van der Waals surface area contributed by atoms with E-state index in [0.29, 0.717) is 35.5 Å². The molecule has 5 rings (SSSR count). The lowest BCUT2D eigenvalue weighted by molar-refractivity contribution is 0.126. The molecule has 9 nitrogen and oxygen atoms in total. The van der Waals surface area contributed by atoms with Gasteiger partial charge in [0, 0.05) is 67.8 Å². The molecule has 5 heterocycles. The standard InChI is InChI=1S/C29H38FN7O2/c1-2-3-6-14-39-15-7-4-5-11-31-29(38)36-12-8-9-23(20-36)37-13-10-21-17-32-27(35-28(21)37)25-19-34-26-24(25)16-22(30)18-33-26/h10,13,16-19,23H,2-9,11-12,14-15,20H2,1H3,(H,31,38)(H,33,34). The lowest BCUT2D eigenvalue weighted by atomic mass is 10.1. The fourth-order valence-corrected chi connectivity index (χ4v) is 5.26. The molecule has 1 aliphatic rings. The normalized spacial score (nSPS) is 15.8. The van der Waals surface area contributed by atoms with Crippen LogP contribution in [0.1, 0.15) is 64.3 Å². The largest absolute Gasteiger partial charge is 0.381 e. The van der Waals surface area contributed by atoms with Gasteiger partial charge >= 0.3 is 6.03 Å². The zero-order valence-electron chi connectivity index (χ0n) is 22.7. The van der Waals surface area contributed by atoms with Gasteiger partial charge in [0.05, 0.1) is 12.2 Å². The van der Waals surface area contributed by atoms with Crippen LogP contribution >= 0.6 is 0 Å². The van der Waals surface area contributed by atoms with Crippen molar-refractivity contribution in [2.24, 2.45) is 0 Å². The number of likely N-dealkylation sites (tertiary alicyclic amines) is 1. The van der Waals surface area contributed by atoms with Crippen LogP contribution in [-0.4, -0.2) is 68.3 Å². The van der Waals surface area contributed by atoms with E-state index < -0.39 is 5.82 Å². The van der Waals surface area contributed by atoms with Gasteiger partial charge in [0.1, 0.15) is 17.1 Å². The summed E-state index contributed by atoms with van der Waals surface area (Å²) >= 11 is 0. The molecule has 0 saturated carbocycles. The molecule has 0 aliphatic carbocycles. The average molecular weight is 536 g/mol. The van der Waals surface area contributed by atoms with Crippen molar-refractivity contribution >= 4 is 28.1 Å². The molecule has 208 valence electrons. The summed E-state index contributed by atoms with van der Waals surface area (Å²) in [5.74, 6) is 0.109. The minimum absolute atomic E-state index is 0.00406. The van der Waals surface area contributed by atoms with E-state index in [1.54, 1.807) is 12.4 Å². The quantitative estimate of drug-likeness (QED) is 0.222. The first kappa shape index (κ1) is 27.1. The highest BCUT2D eigenvalue weighted by Gasteiger charge is 2.26. The number of unbranched alkanes of at least 4 members (excludes halogenated alkanes) is 4. The second-order valence-corrected chi connectivity index (χ2v) is 10.3. The molecule has 0 spiro atoms. The Bertz CT molecular complexity index is 1380. The van der Waals surface area contributed by atoms with Crippen LogP contribution in [0.15, 0.2) is 36.9 Å². The molecule has 0 bridgehead atoms. The number of nitrogens with zero attached hydrogens (tertiary/aromatic N) is 5. The third-order valence-electron chi connectivity index (χ3n) is 7.40. The topological polar surface area (TPSA) is 101 Å². The second kappa shape index (κ2) is 13.0. The van der Waals surface area contributed by atoms with E-state index >= 15 is 0 Å². The summed E-state index contributed by atoms with van der Waals surface area (Å²) in [6, 6.07) is 3.57. The number of hydrogen-bond donors (Lipinski definition) is 2. The van der Waals surface area contributed by atoms with E-state index in [-0.39, 0.29) is 12.1 Å². The number of amides is 2. The Morgan fingerprint density at radius 2 is 2.05 bits per heavy atom. The van der Waals surface area contributed by atoms with Gasteiger partial charge in [0.25, 0.3) is 0 Å². The number of rotatable bonds is 12. The number of aromatic amines is 1. The Balaban J connectivity index is 1.17. The Kier molecular flexibility index (Phi) is 9.03. The first-order chi connectivity index (χ1) is 19.1. The van der Waals surface area contributed by atoms with Gasteiger partial charge in [-0.15, -0.1) is 0 Å². The first-order valence-corrected chi connectivity index (χ1v) is 14.2. The predicted molar refractivity (Wildman–Crippen MR) is 150 cm³/mol. The number of H-pyrrole nitrogens is 1. The van der Waals surface area contributed by atoms with Crippen molar-refractivity contribution in [1.29, 1.82) is 0 Å². The summed E-state index contributed by atoms with van der Waals surface area (Å²) in [6.45, 7) is 5.91. The smallest absolute Gasteiger partial charge is 0.317 e. The van der Waals surface area contributed by atoms with Crippen LogP contribution in [0.3, 0.4) is 0 Å². The number of nitrogens with one attached hydrogen (secondary N) is 2. The van der Waals surface area contributed by atoms with Crippen molar-refractivity contribution in [2.45, 2.75) is 64.3 Å². The number of fused-ring (bicyclic) bond motifs is 2. The van der Waals surface area contributed by atoms with Crippen LogP contribution in [0.25, 0.3) is 33.5 Å². The van der Waals surface area contributed by atoms with Gasteiger partial charge in [0.2, 0.25) is 0 Å². The van der Waals surface area contributed by atoms with Gasteiger partial charge in [-0.1, -0.05) is 19.8 Å². The molecule has 39 heavy (non-hydrogen) atoms. The second-order valence-electron chi connectivity index (χ2n) is 10.3. The van der Waals surface area contributed by atoms with Gasteiger partial charge in [-0.05, 0) is 50.7 Å². The minimum Gasteiger partial charge on any atom is -0.381 e. The third-order valence-corrected chi connectivity index (χ3v) is 7.40. The van der Waals surface area contributed by atoms with Gasteiger partial charge in [-0.3, -0.25) is 0 Å². The molecule has 0 aromatic carbocycles. The van der Waals surface area contributed by atoms with E-state index in [1.807, 2.05) is 17.2 Å². The number of carbonyl (C=O) groups is 1. The van der Waals surface area contributed by atoms with Crippen LogP contribution in [0.2, 0.25) is 0 Å². The predicted octanol–water partition coefficient (Wildman–Crippen LogP) is 5.84. The number of carbonyl (C=O) groups excluding carboxylic acids is 1. The van der Waals surface area contributed by atoms with Gasteiger partial charge < -0.3 is 24.5 Å². The van der Waals surface area contributed by atoms with E-state index in [4.69, 9.17) is 9.72 Å². The third kappa shape index (κ3) is 6.55. The number of pyridine rings is 1. The highest BCUT2D eigenvalue weighted by molar-refractivity contribution is 5.92. The Morgan fingerprint density at radius 1 is 1.18 bits per heavy atom. The lowest BCUT2D eigenvalue weighted by Gasteiger charge is -2.33. The van der Waals surface area contributed by atoms with Crippen molar-refractivity contribution in [1.82, 2.24) is 34.7 Å². The van der Waals surface area contributed by atoms with Crippen LogP contribution in [0.5, 0.6) is 0 Å². The van der Waals surface area contributed by atoms with Crippen molar-refractivity contribution in [3.63, 3.8) is 0 Å². The molecule has 2 N–H and O–H groups in total. The lowest BCUT2D eigenvalue weighted by Crippen LogP contribution is -2.46. The Labute approximate surface area is 228 Å². The molecular formula is C29H38FN7O2. The Hall–Kier alpha value is -3.53. The van der Waals surface area contributed by atoms with Crippen molar-refractivity contribution in [2.75, 3.05) is 32.8 Å². The molecule has 1 unspecified atom stereocenters. The van der Waals surface area contributed by atoms with Crippen LogP contribution in [0, 0.1) is 5.82 Å². The first-order valence-electron chi connectivity index (χ1n) is 14.2. The molecular weight excluding hydrogens is 497 g/mol. The molecule has 0 radical (unpaired) electrons. The number of hydrogen-bond acceptors (Lipinski definition) is 5. The maximum absolute atomic E-state index is 13.9.